The number of halogens is 2. The van der Waals surface area contributed by atoms with Crippen molar-refractivity contribution in [2.75, 3.05) is 19.0 Å². The number of benzene rings is 2. The highest BCUT2D eigenvalue weighted by molar-refractivity contribution is 6.30. The molecule has 25 heavy (non-hydrogen) atoms. The molecule has 0 aliphatic carbocycles. The van der Waals surface area contributed by atoms with E-state index in [1.807, 2.05) is 28.8 Å². The van der Waals surface area contributed by atoms with Crippen LogP contribution in [-0.4, -0.2) is 23.3 Å². The molecule has 0 saturated carbocycles. The summed E-state index contributed by atoms with van der Waals surface area (Å²) in [6.45, 7) is 1.80. The predicted molar refractivity (Wildman–Crippen MR) is 98.3 cm³/mol. The summed E-state index contributed by atoms with van der Waals surface area (Å²) >= 11 is 6.03. The minimum Gasteiger partial charge on any atom is -0.383 e. The number of nitrogens with zero attached hydrogens (tertiary/aromatic N) is 2. The third kappa shape index (κ3) is 4.38. The average Bonchev–Trinajstić information content (AvgIpc) is 3.01. The number of hydrogen-bond acceptors (Lipinski definition) is 3. The normalized spacial score (nSPS) is 10.8. The first-order valence-electron chi connectivity index (χ1n) is 7.96. The second-order valence-corrected chi connectivity index (χ2v) is 6.04. The lowest BCUT2D eigenvalue weighted by atomic mass is 10.1. The molecule has 3 aromatic rings. The fourth-order valence-electron chi connectivity index (χ4n) is 2.60. The van der Waals surface area contributed by atoms with Gasteiger partial charge in [-0.2, -0.15) is 0 Å². The fourth-order valence-corrected chi connectivity index (χ4v) is 2.82. The van der Waals surface area contributed by atoms with E-state index in [4.69, 9.17) is 16.3 Å². The van der Waals surface area contributed by atoms with Gasteiger partial charge in [-0.05, 0) is 42.0 Å². The first kappa shape index (κ1) is 17.5. The van der Waals surface area contributed by atoms with Crippen LogP contribution in [0.1, 0.15) is 5.56 Å². The Bertz CT molecular complexity index is 833. The van der Waals surface area contributed by atoms with Gasteiger partial charge in [0.05, 0.1) is 18.5 Å². The third-order valence-corrected chi connectivity index (χ3v) is 4.09. The van der Waals surface area contributed by atoms with Crippen LogP contribution in [0.15, 0.2) is 54.7 Å². The van der Waals surface area contributed by atoms with Crippen molar-refractivity contribution in [1.29, 1.82) is 0 Å². The SMILES string of the molecule is COCCn1c(-c2ccc(F)cc2)cnc1NCc1cccc(Cl)c1. The van der Waals surface area contributed by atoms with Crippen LogP contribution in [0.3, 0.4) is 0 Å². The van der Waals surface area contributed by atoms with Crippen LogP contribution in [0.2, 0.25) is 5.02 Å². The van der Waals surface area contributed by atoms with E-state index in [1.165, 1.54) is 12.1 Å². The Hall–Kier alpha value is -2.37. The van der Waals surface area contributed by atoms with Crippen LogP contribution in [0.4, 0.5) is 10.3 Å². The number of anilines is 1. The van der Waals surface area contributed by atoms with Gasteiger partial charge in [-0.25, -0.2) is 9.37 Å². The average molecular weight is 360 g/mol. The Balaban J connectivity index is 1.84. The van der Waals surface area contributed by atoms with Crippen molar-refractivity contribution >= 4 is 17.5 Å². The molecule has 0 atom stereocenters. The van der Waals surface area contributed by atoms with Gasteiger partial charge < -0.3 is 14.6 Å². The number of ether oxygens (including phenoxy) is 1. The van der Waals surface area contributed by atoms with E-state index in [2.05, 4.69) is 10.3 Å². The fraction of sp³-hybridized carbons (Fsp3) is 0.211. The van der Waals surface area contributed by atoms with Crippen molar-refractivity contribution in [3.05, 3.63) is 71.1 Å². The highest BCUT2D eigenvalue weighted by Crippen LogP contribution is 2.24. The van der Waals surface area contributed by atoms with E-state index in [-0.39, 0.29) is 5.82 Å². The maximum Gasteiger partial charge on any atom is 0.203 e. The molecule has 0 spiro atoms. The zero-order valence-corrected chi connectivity index (χ0v) is 14.6. The number of rotatable bonds is 7. The topological polar surface area (TPSA) is 39.1 Å². The van der Waals surface area contributed by atoms with E-state index < -0.39 is 0 Å². The number of aromatic nitrogens is 2. The lowest BCUT2D eigenvalue weighted by molar-refractivity contribution is 0.188. The molecule has 6 heteroatoms. The minimum atomic E-state index is -0.258. The molecule has 0 aliphatic heterocycles. The lowest BCUT2D eigenvalue weighted by Crippen LogP contribution is -2.11. The van der Waals surface area contributed by atoms with E-state index in [0.29, 0.717) is 24.7 Å². The largest absolute Gasteiger partial charge is 0.383 e. The third-order valence-electron chi connectivity index (χ3n) is 3.85. The summed E-state index contributed by atoms with van der Waals surface area (Å²) in [6.07, 6.45) is 1.78. The summed E-state index contributed by atoms with van der Waals surface area (Å²) in [5.74, 6) is 0.474. The number of hydrogen-bond donors (Lipinski definition) is 1. The molecule has 2 aromatic carbocycles. The maximum atomic E-state index is 13.2. The summed E-state index contributed by atoms with van der Waals surface area (Å²) in [5.41, 5.74) is 2.88. The van der Waals surface area contributed by atoms with E-state index in [0.717, 1.165) is 22.8 Å². The van der Waals surface area contributed by atoms with Gasteiger partial charge in [-0.15, -0.1) is 0 Å². The van der Waals surface area contributed by atoms with Crippen molar-refractivity contribution in [1.82, 2.24) is 9.55 Å². The molecular weight excluding hydrogens is 341 g/mol. The Morgan fingerprint density at radius 2 is 2.00 bits per heavy atom. The molecular formula is C19H19ClFN3O. The van der Waals surface area contributed by atoms with Gasteiger partial charge in [-0.3, -0.25) is 0 Å². The molecule has 3 rings (SSSR count). The van der Waals surface area contributed by atoms with Crippen molar-refractivity contribution in [2.45, 2.75) is 13.1 Å². The Morgan fingerprint density at radius 1 is 1.20 bits per heavy atom. The molecule has 0 aliphatic rings. The summed E-state index contributed by atoms with van der Waals surface area (Å²) < 4.78 is 20.4. The van der Waals surface area contributed by atoms with Crippen molar-refractivity contribution < 1.29 is 9.13 Å². The highest BCUT2D eigenvalue weighted by Gasteiger charge is 2.12. The second kappa shape index (κ2) is 8.14. The van der Waals surface area contributed by atoms with Gasteiger partial charge >= 0.3 is 0 Å². The van der Waals surface area contributed by atoms with Crippen LogP contribution in [0.5, 0.6) is 0 Å². The highest BCUT2D eigenvalue weighted by atomic mass is 35.5. The second-order valence-electron chi connectivity index (χ2n) is 5.60. The lowest BCUT2D eigenvalue weighted by Gasteiger charge is -2.13. The Kier molecular flexibility index (Phi) is 5.68. The summed E-state index contributed by atoms with van der Waals surface area (Å²) in [6, 6.07) is 14.1. The molecule has 0 bridgehead atoms. The molecule has 1 N–H and O–H groups in total. The number of imidazole rings is 1. The molecule has 1 aromatic heterocycles. The molecule has 0 radical (unpaired) electrons. The summed E-state index contributed by atoms with van der Waals surface area (Å²) in [7, 11) is 1.66. The van der Waals surface area contributed by atoms with Gasteiger partial charge in [0.15, 0.2) is 0 Å². The molecule has 130 valence electrons. The minimum absolute atomic E-state index is 0.258. The van der Waals surface area contributed by atoms with Crippen LogP contribution >= 0.6 is 11.6 Å². The first-order valence-corrected chi connectivity index (χ1v) is 8.34. The van der Waals surface area contributed by atoms with Gasteiger partial charge in [-0.1, -0.05) is 23.7 Å². The predicted octanol–water partition coefficient (Wildman–Crippen LogP) is 4.60. The molecule has 0 fully saturated rings. The number of methoxy groups -OCH3 is 1. The van der Waals surface area contributed by atoms with E-state index >= 15 is 0 Å². The van der Waals surface area contributed by atoms with Crippen molar-refractivity contribution in [3.8, 4) is 11.3 Å². The Labute approximate surface area is 151 Å². The van der Waals surface area contributed by atoms with Crippen LogP contribution in [0.25, 0.3) is 11.3 Å². The zero-order valence-electron chi connectivity index (χ0n) is 13.9. The number of nitrogens with one attached hydrogen (secondary N) is 1. The standard InChI is InChI=1S/C19H19ClFN3O/c1-25-10-9-24-18(15-5-7-17(21)8-6-15)13-23-19(24)22-12-14-3-2-4-16(20)11-14/h2-8,11,13H,9-10,12H2,1H3,(H,22,23). The Morgan fingerprint density at radius 3 is 2.72 bits per heavy atom. The summed E-state index contributed by atoms with van der Waals surface area (Å²) in [5, 5.41) is 4.03. The van der Waals surface area contributed by atoms with Crippen molar-refractivity contribution in [2.24, 2.45) is 0 Å². The van der Waals surface area contributed by atoms with Crippen molar-refractivity contribution in [3.63, 3.8) is 0 Å². The van der Waals surface area contributed by atoms with E-state index in [1.54, 1.807) is 25.4 Å². The first-order chi connectivity index (χ1) is 12.2. The maximum absolute atomic E-state index is 13.2. The molecule has 0 amide bonds. The summed E-state index contributed by atoms with van der Waals surface area (Å²) in [4.78, 5) is 4.47. The molecule has 0 unspecified atom stereocenters. The molecule has 4 nitrogen and oxygen atoms in total. The monoisotopic (exact) mass is 359 g/mol. The zero-order chi connectivity index (χ0) is 17.6. The van der Waals surface area contributed by atoms with Gasteiger partial charge in [0, 0.05) is 30.8 Å². The smallest absolute Gasteiger partial charge is 0.203 e. The molecule has 0 saturated heterocycles. The van der Waals surface area contributed by atoms with Gasteiger partial charge in [0.2, 0.25) is 5.95 Å². The van der Waals surface area contributed by atoms with E-state index in [9.17, 15) is 4.39 Å². The van der Waals surface area contributed by atoms with Crippen LogP contribution < -0.4 is 5.32 Å². The van der Waals surface area contributed by atoms with Crippen LogP contribution in [0, 0.1) is 5.82 Å². The van der Waals surface area contributed by atoms with Crippen LogP contribution in [-0.2, 0) is 17.8 Å². The quantitative estimate of drug-likeness (QED) is 0.670. The van der Waals surface area contributed by atoms with Gasteiger partial charge in [0.1, 0.15) is 5.82 Å². The molecule has 1 heterocycles. The van der Waals surface area contributed by atoms with Gasteiger partial charge in [0.25, 0.3) is 0 Å².